The van der Waals surface area contributed by atoms with Gasteiger partial charge in [-0.25, -0.2) is 8.42 Å². The number of benzene rings is 1. The summed E-state index contributed by atoms with van der Waals surface area (Å²) < 4.78 is 25.8. The molecule has 7 nitrogen and oxygen atoms in total. The lowest BCUT2D eigenvalue weighted by atomic mass is 10.1. The molecule has 0 bridgehead atoms. The maximum atomic E-state index is 13.2. The lowest BCUT2D eigenvalue weighted by Crippen LogP contribution is -2.47. The predicted octanol–water partition coefficient (Wildman–Crippen LogP) is 2.97. The first kappa shape index (κ1) is 20.7. The minimum Gasteiger partial charge on any atom is -0.335 e. The van der Waals surface area contributed by atoms with Gasteiger partial charge < -0.3 is 4.90 Å². The van der Waals surface area contributed by atoms with Crippen LogP contribution in [0.2, 0.25) is 5.02 Å². The molecule has 1 amide bonds. The first-order chi connectivity index (χ1) is 13.9. The van der Waals surface area contributed by atoms with Crippen molar-refractivity contribution in [3.05, 3.63) is 35.6 Å². The van der Waals surface area contributed by atoms with Crippen LogP contribution in [0, 0.1) is 0 Å². The lowest BCUT2D eigenvalue weighted by Gasteiger charge is -2.34. The maximum absolute atomic E-state index is 13.2. The van der Waals surface area contributed by atoms with Crippen LogP contribution in [0.15, 0.2) is 35.7 Å². The number of carbonyl (C=O) groups is 1. The molecule has 1 aromatic heterocycles. The third-order valence-electron chi connectivity index (χ3n) is 5.54. The van der Waals surface area contributed by atoms with Gasteiger partial charge in [0.15, 0.2) is 15.0 Å². The molecule has 1 saturated carbocycles. The Labute approximate surface area is 179 Å². The monoisotopic (exact) mass is 454 g/mol. The molecule has 2 aromatic rings. The zero-order chi connectivity index (χ0) is 20.4. The molecule has 0 spiro atoms. The van der Waals surface area contributed by atoms with Gasteiger partial charge in [0.1, 0.15) is 6.33 Å². The van der Waals surface area contributed by atoms with Crippen molar-refractivity contribution in [2.75, 3.05) is 17.3 Å². The van der Waals surface area contributed by atoms with Crippen molar-refractivity contribution in [2.45, 2.75) is 49.3 Å². The highest BCUT2D eigenvalue weighted by molar-refractivity contribution is 7.99. The Morgan fingerprint density at radius 3 is 2.72 bits per heavy atom. The first-order valence-corrected chi connectivity index (χ1v) is 12.9. The quantitative estimate of drug-likeness (QED) is 0.624. The largest absolute Gasteiger partial charge is 0.335 e. The smallest absolute Gasteiger partial charge is 0.233 e. The summed E-state index contributed by atoms with van der Waals surface area (Å²) in [6.45, 7) is 0. The molecule has 1 atom stereocenters. The fourth-order valence-corrected chi connectivity index (χ4v) is 6.90. The Hall–Kier alpha value is -1.58. The van der Waals surface area contributed by atoms with Crippen LogP contribution in [0.3, 0.4) is 0 Å². The lowest BCUT2D eigenvalue weighted by molar-refractivity contribution is -0.132. The topological polar surface area (TPSA) is 85.2 Å². The molecule has 0 N–H and O–H groups in total. The molecule has 156 valence electrons. The Balaban J connectivity index is 1.48. The average Bonchev–Trinajstić information content (AvgIpc) is 3.42. The van der Waals surface area contributed by atoms with Gasteiger partial charge in [0.05, 0.1) is 22.9 Å². The number of thioether (sulfide) groups is 1. The van der Waals surface area contributed by atoms with E-state index in [4.69, 9.17) is 11.6 Å². The average molecular weight is 455 g/mol. The highest BCUT2D eigenvalue weighted by Crippen LogP contribution is 2.30. The minimum absolute atomic E-state index is 0.0235. The second-order valence-corrected chi connectivity index (χ2v) is 11.2. The van der Waals surface area contributed by atoms with E-state index in [9.17, 15) is 13.2 Å². The van der Waals surface area contributed by atoms with Crippen molar-refractivity contribution in [3.8, 4) is 5.69 Å². The van der Waals surface area contributed by atoms with Gasteiger partial charge in [0.25, 0.3) is 0 Å². The van der Waals surface area contributed by atoms with Crippen LogP contribution in [0.5, 0.6) is 0 Å². The molecule has 0 radical (unpaired) electrons. The molecular weight excluding hydrogens is 432 g/mol. The first-order valence-electron chi connectivity index (χ1n) is 9.73. The van der Waals surface area contributed by atoms with Gasteiger partial charge >= 0.3 is 0 Å². The zero-order valence-electron chi connectivity index (χ0n) is 15.9. The second-order valence-electron chi connectivity index (χ2n) is 7.55. The van der Waals surface area contributed by atoms with E-state index in [1.54, 1.807) is 17.0 Å². The molecule has 10 heteroatoms. The molecule has 2 aliphatic rings. The molecule has 29 heavy (non-hydrogen) atoms. The molecule has 0 unspecified atom stereocenters. The number of aromatic nitrogens is 3. The van der Waals surface area contributed by atoms with Gasteiger partial charge in [-0.3, -0.25) is 9.36 Å². The third kappa shape index (κ3) is 4.78. The van der Waals surface area contributed by atoms with Crippen LogP contribution in [0.1, 0.15) is 32.1 Å². The van der Waals surface area contributed by atoms with Crippen LogP contribution < -0.4 is 0 Å². The fraction of sp³-hybridized carbons (Fsp3) is 0.526. The van der Waals surface area contributed by atoms with Crippen molar-refractivity contribution in [1.29, 1.82) is 0 Å². The van der Waals surface area contributed by atoms with Gasteiger partial charge in [-0.15, -0.1) is 10.2 Å². The number of rotatable bonds is 6. The van der Waals surface area contributed by atoms with Crippen LogP contribution in [-0.4, -0.2) is 63.3 Å². The van der Waals surface area contributed by atoms with Gasteiger partial charge in [0, 0.05) is 17.1 Å². The van der Waals surface area contributed by atoms with Gasteiger partial charge in [-0.05, 0) is 37.5 Å². The Bertz CT molecular complexity index is 989. The summed E-state index contributed by atoms with van der Waals surface area (Å²) in [5, 5.41) is 9.32. The molecule has 2 fully saturated rings. The van der Waals surface area contributed by atoms with E-state index in [1.807, 2.05) is 23.1 Å². The SMILES string of the molecule is O=C(CSc1nncn1-c1cccc(Cl)c1)N(C1CCCC1)[C@@H]1CCS(=O)(=O)C1. The summed E-state index contributed by atoms with van der Waals surface area (Å²) in [6.07, 6.45) is 6.20. The maximum Gasteiger partial charge on any atom is 0.233 e. The molecular formula is C19H23ClN4O3S2. The molecule has 1 aromatic carbocycles. The Morgan fingerprint density at radius 2 is 2.03 bits per heavy atom. The summed E-state index contributed by atoms with van der Waals surface area (Å²) >= 11 is 7.39. The molecule has 1 aliphatic heterocycles. The van der Waals surface area contributed by atoms with Crippen LogP contribution in [-0.2, 0) is 14.6 Å². The zero-order valence-corrected chi connectivity index (χ0v) is 18.3. The summed E-state index contributed by atoms with van der Waals surface area (Å²) in [4.78, 5) is 15.0. The number of halogens is 1. The standard InChI is InChI=1S/C19H23ClN4O3S2/c20-14-4-3-7-16(10-14)23-13-21-22-19(23)28-11-18(25)24(15-5-1-2-6-15)17-8-9-29(26,27)12-17/h3-4,7,10,13,15,17H,1-2,5-6,8-9,11-12H2/t17-/m1/s1. The summed E-state index contributed by atoms with van der Waals surface area (Å²) in [7, 11) is -3.05. The summed E-state index contributed by atoms with van der Waals surface area (Å²) in [5.41, 5.74) is 0.826. The van der Waals surface area contributed by atoms with E-state index in [1.165, 1.54) is 11.8 Å². The highest BCUT2D eigenvalue weighted by Gasteiger charge is 2.38. The summed E-state index contributed by atoms with van der Waals surface area (Å²) in [6, 6.07) is 7.29. The van der Waals surface area contributed by atoms with E-state index >= 15 is 0 Å². The number of nitrogens with zero attached hydrogens (tertiary/aromatic N) is 4. The minimum atomic E-state index is -3.05. The van der Waals surface area contributed by atoms with Crippen LogP contribution in [0.4, 0.5) is 0 Å². The molecule has 1 saturated heterocycles. The Morgan fingerprint density at radius 1 is 1.24 bits per heavy atom. The van der Waals surface area contributed by atoms with Crippen molar-refractivity contribution in [2.24, 2.45) is 0 Å². The molecule has 2 heterocycles. The fourth-order valence-electron chi connectivity index (χ4n) is 4.21. The number of hydrogen-bond donors (Lipinski definition) is 0. The van der Waals surface area contributed by atoms with E-state index in [2.05, 4.69) is 10.2 Å². The number of carbonyl (C=O) groups excluding carboxylic acids is 1. The van der Waals surface area contributed by atoms with Crippen LogP contribution in [0.25, 0.3) is 5.69 Å². The molecule has 1 aliphatic carbocycles. The van der Waals surface area contributed by atoms with Gasteiger partial charge in [-0.1, -0.05) is 42.3 Å². The van der Waals surface area contributed by atoms with Gasteiger partial charge in [0.2, 0.25) is 5.91 Å². The van der Waals surface area contributed by atoms with Gasteiger partial charge in [-0.2, -0.15) is 0 Å². The van der Waals surface area contributed by atoms with Crippen LogP contribution >= 0.6 is 23.4 Å². The second kappa shape index (κ2) is 8.65. The van der Waals surface area contributed by atoms with E-state index in [-0.39, 0.29) is 35.2 Å². The van der Waals surface area contributed by atoms with Crippen molar-refractivity contribution in [1.82, 2.24) is 19.7 Å². The van der Waals surface area contributed by atoms with Crippen molar-refractivity contribution >= 4 is 39.1 Å². The number of sulfone groups is 1. The number of amides is 1. The highest BCUT2D eigenvalue weighted by atomic mass is 35.5. The molecule has 4 rings (SSSR count). The predicted molar refractivity (Wildman–Crippen MR) is 113 cm³/mol. The van der Waals surface area contributed by atoms with Crippen molar-refractivity contribution < 1.29 is 13.2 Å². The van der Waals surface area contributed by atoms with E-state index in [0.29, 0.717) is 16.6 Å². The van der Waals surface area contributed by atoms with E-state index < -0.39 is 9.84 Å². The summed E-state index contributed by atoms with van der Waals surface area (Å²) in [5.74, 6) is 0.430. The Kier molecular flexibility index (Phi) is 6.17. The van der Waals surface area contributed by atoms with E-state index in [0.717, 1.165) is 31.4 Å². The third-order valence-corrected chi connectivity index (χ3v) is 8.45. The number of hydrogen-bond acceptors (Lipinski definition) is 6. The normalized spacial score (nSPS) is 21.5. The van der Waals surface area contributed by atoms with Crippen molar-refractivity contribution in [3.63, 3.8) is 0 Å².